The predicted octanol–water partition coefficient (Wildman–Crippen LogP) is 7.89. The second kappa shape index (κ2) is 12.7. The highest BCUT2D eigenvalue weighted by atomic mass is 35.5. The zero-order chi connectivity index (χ0) is 27.1. The summed E-state index contributed by atoms with van der Waals surface area (Å²) in [5.41, 5.74) is 1.60. The van der Waals surface area contributed by atoms with Gasteiger partial charge in [-0.25, -0.2) is 9.98 Å². The molecule has 0 spiro atoms. The van der Waals surface area contributed by atoms with Gasteiger partial charge in [-0.05, 0) is 67.1 Å². The minimum atomic E-state index is -0.609. The van der Waals surface area contributed by atoms with Gasteiger partial charge in [0.2, 0.25) is 11.8 Å². The summed E-state index contributed by atoms with van der Waals surface area (Å²) < 4.78 is 17.3. The van der Waals surface area contributed by atoms with E-state index < -0.39 is 5.54 Å². The molecular formula is C31H35ClN2O3S. The number of methoxy groups -OCH3 is 2. The molecular weight excluding hydrogens is 516 g/mol. The fraction of sp³-hybridized carbons (Fsp3) is 0.355. The van der Waals surface area contributed by atoms with Crippen LogP contribution in [-0.2, 0) is 22.5 Å². The van der Waals surface area contributed by atoms with Crippen molar-refractivity contribution in [3.05, 3.63) is 88.9 Å². The molecule has 5 nitrogen and oxygen atoms in total. The standard InChI is InChI=1S/C31H35ClN2O3S/c1-21(2)28-29(35-4)34-31(3,30(33-28)36-5)17-16-23-14-15-26(19-27(23)32)38-25-13-9-12-24(18-25)37-20-22-10-7-6-8-11-22/h6-15,18-19,21,28H,16-17,20H2,1-5H3/t28-,31+/m1/s1. The van der Waals surface area contributed by atoms with E-state index in [1.54, 1.807) is 26.0 Å². The summed E-state index contributed by atoms with van der Waals surface area (Å²) in [7, 11) is 3.31. The Morgan fingerprint density at radius 2 is 1.71 bits per heavy atom. The number of aliphatic imine (C=N–C) groups is 2. The molecule has 38 heavy (non-hydrogen) atoms. The maximum Gasteiger partial charge on any atom is 0.212 e. The molecule has 7 heteroatoms. The lowest BCUT2D eigenvalue weighted by atomic mass is 9.90. The molecule has 1 heterocycles. The second-order valence-corrected chi connectivity index (χ2v) is 11.4. The fourth-order valence-electron chi connectivity index (χ4n) is 4.39. The van der Waals surface area contributed by atoms with Crippen LogP contribution >= 0.6 is 23.4 Å². The smallest absolute Gasteiger partial charge is 0.212 e. The van der Waals surface area contributed by atoms with Crippen LogP contribution in [-0.4, -0.2) is 37.6 Å². The van der Waals surface area contributed by atoms with Crippen LogP contribution < -0.4 is 4.74 Å². The second-order valence-electron chi connectivity index (χ2n) is 9.86. The van der Waals surface area contributed by atoms with Gasteiger partial charge < -0.3 is 14.2 Å². The van der Waals surface area contributed by atoms with Gasteiger partial charge in [-0.2, -0.15) is 0 Å². The topological polar surface area (TPSA) is 52.4 Å². The molecule has 0 saturated heterocycles. The molecule has 1 aliphatic heterocycles. The van der Waals surface area contributed by atoms with E-state index in [2.05, 4.69) is 50.2 Å². The van der Waals surface area contributed by atoms with Crippen molar-refractivity contribution in [3.8, 4) is 5.75 Å². The third-order valence-corrected chi connectivity index (χ3v) is 7.89. The molecule has 0 fully saturated rings. The van der Waals surface area contributed by atoms with Gasteiger partial charge in [0.15, 0.2) is 0 Å². The average Bonchev–Trinajstić information content (AvgIpc) is 2.92. The summed E-state index contributed by atoms with van der Waals surface area (Å²) in [4.78, 5) is 11.9. The summed E-state index contributed by atoms with van der Waals surface area (Å²) in [6.45, 7) is 6.78. The van der Waals surface area contributed by atoms with E-state index in [-0.39, 0.29) is 12.0 Å². The first-order chi connectivity index (χ1) is 18.3. The number of hydrogen-bond donors (Lipinski definition) is 0. The predicted molar refractivity (Wildman–Crippen MR) is 157 cm³/mol. The van der Waals surface area contributed by atoms with Crippen LogP contribution in [0.5, 0.6) is 5.75 Å². The normalized spacial score (nSPS) is 19.1. The summed E-state index contributed by atoms with van der Waals surface area (Å²) >= 11 is 8.40. The molecule has 3 aromatic rings. The fourth-order valence-corrected chi connectivity index (χ4v) is 5.64. The van der Waals surface area contributed by atoms with Crippen molar-refractivity contribution < 1.29 is 14.2 Å². The molecule has 2 atom stereocenters. The molecule has 0 aliphatic carbocycles. The van der Waals surface area contributed by atoms with Gasteiger partial charge in [0.05, 0.1) is 14.2 Å². The van der Waals surface area contributed by atoms with Gasteiger partial charge in [0.1, 0.15) is 23.9 Å². The van der Waals surface area contributed by atoms with Crippen LogP contribution in [0.2, 0.25) is 5.02 Å². The first-order valence-corrected chi connectivity index (χ1v) is 14.0. The number of nitrogens with zero attached hydrogens (tertiary/aromatic N) is 2. The molecule has 0 aromatic heterocycles. The van der Waals surface area contributed by atoms with Gasteiger partial charge in [0.25, 0.3) is 0 Å². The maximum atomic E-state index is 6.74. The highest BCUT2D eigenvalue weighted by Gasteiger charge is 2.39. The molecule has 4 rings (SSSR count). The first-order valence-electron chi connectivity index (χ1n) is 12.8. The third kappa shape index (κ3) is 6.91. The Morgan fingerprint density at radius 1 is 0.947 bits per heavy atom. The average molecular weight is 551 g/mol. The zero-order valence-electron chi connectivity index (χ0n) is 22.6. The van der Waals surface area contributed by atoms with Crippen LogP contribution in [0.25, 0.3) is 0 Å². The molecule has 0 amide bonds. The van der Waals surface area contributed by atoms with Gasteiger partial charge in [-0.1, -0.05) is 79.7 Å². The molecule has 3 aromatic carbocycles. The van der Waals surface area contributed by atoms with E-state index >= 15 is 0 Å². The summed E-state index contributed by atoms with van der Waals surface area (Å²) in [6.07, 6.45) is 1.43. The molecule has 0 radical (unpaired) electrons. The summed E-state index contributed by atoms with van der Waals surface area (Å²) in [5.74, 6) is 2.39. The van der Waals surface area contributed by atoms with E-state index in [9.17, 15) is 0 Å². The Balaban J connectivity index is 1.41. The molecule has 0 N–H and O–H groups in total. The zero-order valence-corrected chi connectivity index (χ0v) is 24.2. The minimum Gasteiger partial charge on any atom is -0.489 e. The van der Waals surface area contributed by atoms with Crippen molar-refractivity contribution in [2.24, 2.45) is 15.9 Å². The highest BCUT2D eigenvalue weighted by molar-refractivity contribution is 7.99. The van der Waals surface area contributed by atoms with Crippen molar-refractivity contribution in [3.63, 3.8) is 0 Å². The minimum absolute atomic E-state index is 0.134. The molecule has 200 valence electrons. The van der Waals surface area contributed by atoms with Crippen LogP contribution in [0.4, 0.5) is 0 Å². The largest absolute Gasteiger partial charge is 0.489 e. The Hall–Kier alpha value is -2.96. The first kappa shape index (κ1) is 28.1. The monoisotopic (exact) mass is 550 g/mol. The van der Waals surface area contributed by atoms with Crippen LogP contribution in [0.15, 0.2) is 92.6 Å². The Bertz CT molecular complexity index is 1300. The van der Waals surface area contributed by atoms with Gasteiger partial charge in [0, 0.05) is 14.8 Å². The van der Waals surface area contributed by atoms with E-state index in [1.807, 2.05) is 43.3 Å². The lowest BCUT2D eigenvalue weighted by Gasteiger charge is -2.33. The number of aryl methyl sites for hydroxylation is 1. The van der Waals surface area contributed by atoms with Crippen molar-refractivity contribution >= 4 is 35.2 Å². The van der Waals surface area contributed by atoms with E-state index in [1.165, 1.54) is 0 Å². The summed E-state index contributed by atoms with van der Waals surface area (Å²) in [6, 6.07) is 24.4. The number of ether oxygens (including phenoxy) is 3. The summed E-state index contributed by atoms with van der Waals surface area (Å²) in [5, 5.41) is 0.734. The van der Waals surface area contributed by atoms with E-state index in [0.717, 1.165) is 38.1 Å². The number of halogens is 1. The SMILES string of the molecule is COC1=N[C@@](C)(CCc2ccc(Sc3cccc(OCc4ccccc4)c3)cc2Cl)C(OC)=N[C@@H]1C(C)C. The highest BCUT2D eigenvalue weighted by Crippen LogP contribution is 2.34. The molecule has 0 unspecified atom stereocenters. The lowest BCUT2D eigenvalue weighted by Crippen LogP contribution is -2.45. The van der Waals surface area contributed by atoms with Gasteiger partial charge >= 0.3 is 0 Å². The van der Waals surface area contributed by atoms with E-state index in [0.29, 0.717) is 24.8 Å². The van der Waals surface area contributed by atoms with Crippen molar-refractivity contribution in [2.45, 2.75) is 61.6 Å². The Labute approximate surface area is 235 Å². The van der Waals surface area contributed by atoms with Crippen molar-refractivity contribution in [1.29, 1.82) is 0 Å². The number of benzene rings is 3. The Morgan fingerprint density at radius 3 is 2.39 bits per heavy atom. The quantitative estimate of drug-likeness (QED) is 0.272. The third-order valence-electron chi connectivity index (χ3n) is 6.56. The van der Waals surface area contributed by atoms with Gasteiger partial charge in [-0.15, -0.1) is 0 Å². The van der Waals surface area contributed by atoms with Crippen LogP contribution in [0.3, 0.4) is 0 Å². The number of rotatable bonds is 9. The molecule has 0 bridgehead atoms. The number of hydrogen-bond acceptors (Lipinski definition) is 6. The molecule has 1 aliphatic rings. The molecule has 0 saturated carbocycles. The van der Waals surface area contributed by atoms with E-state index in [4.69, 9.17) is 35.8 Å². The van der Waals surface area contributed by atoms with Crippen LogP contribution in [0, 0.1) is 5.92 Å². The maximum absolute atomic E-state index is 6.74. The lowest BCUT2D eigenvalue weighted by molar-refractivity contribution is 0.305. The van der Waals surface area contributed by atoms with Crippen molar-refractivity contribution in [1.82, 2.24) is 0 Å². The van der Waals surface area contributed by atoms with Crippen molar-refractivity contribution in [2.75, 3.05) is 14.2 Å². The van der Waals surface area contributed by atoms with Crippen LogP contribution in [0.1, 0.15) is 38.3 Å². The Kier molecular flexibility index (Phi) is 9.40. The van der Waals surface area contributed by atoms with Gasteiger partial charge in [-0.3, -0.25) is 0 Å².